The number of anilines is 1. The molecule has 1 aromatic rings. The Labute approximate surface area is 152 Å². The molecule has 4 rings (SSSR count). The van der Waals surface area contributed by atoms with E-state index in [0.717, 1.165) is 5.57 Å². The van der Waals surface area contributed by atoms with E-state index in [0.29, 0.717) is 10.2 Å². The first-order valence-electron chi connectivity index (χ1n) is 8.00. The minimum atomic E-state index is -0.512. The van der Waals surface area contributed by atoms with Gasteiger partial charge < -0.3 is 0 Å². The summed E-state index contributed by atoms with van der Waals surface area (Å²) < 4.78 is 0.367. The molecule has 0 N–H and O–H groups in total. The van der Waals surface area contributed by atoms with E-state index >= 15 is 0 Å². The summed E-state index contributed by atoms with van der Waals surface area (Å²) in [5, 5.41) is 10.9. The van der Waals surface area contributed by atoms with Crippen molar-refractivity contribution in [2.75, 3.05) is 4.90 Å². The number of imide groups is 1. The van der Waals surface area contributed by atoms with Crippen molar-refractivity contribution in [1.82, 2.24) is 0 Å². The Morgan fingerprint density at radius 2 is 1.68 bits per heavy atom. The van der Waals surface area contributed by atoms with Gasteiger partial charge in [-0.2, -0.15) is 0 Å². The molecule has 1 aromatic carbocycles. The molecule has 25 heavy (non-hydrogen) atoms. The van der Waals surface area contributed by atoms with Gasteiger partial charge in [-0.1, -0.05) is 23.3 Å². The van der Waals surface area contributed by atoms with Crippen LogP contribution < -0.4 is 4.90 Å². The number of fused-ring (bicyclic) bond motifs is 5. The highest BCUT2D eigenvalue weighted by Crippen LogP contribution is 2.57. The minimum Gasteiger partial charge on any atom is -0.274 e. The van der Waals surface area contributed by atoms with Crippen LogP contribution in [0.1, 0.15) is 13.8 Å². The van der Waals surface area contributed by atoms with Gasteiger partial charge >= 0.3 is 0 Å². The first-order chi connectivity index (χ1) is 11.8. The lowest BCUT2D eigenvalue weighted by molar-refractivity contribution is -0.384. The maximum Gasteiger partial charge on any atom is 0.270 e. The predicted molar refractivity (Wildman–Crippen MR) is 94.8 cm³/mol. The highest BCUT2D eigenvalue weighted by molar-refractivity contribution is 9.10. The van der Waals surface area contributed by atoms with Crippen LogP contribution in [0.15, 0.2) is 46.0 Å². The van der Waals surface area contributed by atoms with Gasteiger partial charge in [0.25, 0.3) is 5.69 Å². The molecule has 1 aliphatic heterocycles. The quantitative estimate of drug-likeness (QED) is 0.327. The Morgan fingerprint density at radius 1 is 1.12 bits per heavy atom. The van der Waals surface area contributed by atoms with E-state index in [1.807, 2.05) is 26.0 Å². The van der Waals surface area contributed by atoms with Crippen molar-refractivity contribution in [3.63, 3.8) is 0 Å². The summed E-state index contributed by atoms with van der Waals surface area (Å²) in [5.41, 5.74) is 2.63. The molecular weight excluding hydrogens is 388 g/mol. The molecule has 0 aromatic heterocycles. The van der Waals surface area contributed by atoms with Crippen molar-refractivity contribution in [2.24, 2.45) is 23.7 Å². The molecule has 4 atom stereocenters. The van der Waals surface area contributed by atoms with Crippen LogP contribution >= 0.6 is 15.9 Å². The van der Waals surface area contributed by atoms with Crippen molar-refractivity contribution >= 4 is 39.1 Å². The van der Waals surface area contributed by atoms with Gasteiger partial charge in [0.2, 0.25) is 11.8 Å². The van der Waals surface area contributed by atoms with Gasteiger partial charge in [-0.05, 0) is 35.8 Å². The summed E-state index contributed by atoms with van der Waals surface area (Å²) in [4.78, 5) is 37.6. The largest absolute Gasteiger partial charge is 0.274 e. The Hall–Kier alpha value is -2.28. The molecule has 2 fully saturated rings. The SMILES string of the molecule is CC(C)=C1[C@H]2C=C[C@@H]1[C@@H]1C(=O)N(c3ccc([N+](=O)[O-])cc3Br)C(=O)[C@H]12. The molecule has 2 aliphatic carbocycles. The normalized spacial score (nSPS) is 29.6. The topological polar surface area (TPSA) is 80.5 Å². The third-order valence-electron chi connectivity index (χ3n) is 5.38. The van der Waals surface area contributed by atoms with E-state index in [1.54, 1.807) is 0 Å². The lowest BCUT2D eigenvalue weighted by Crippen LogP contribution is -2.33. The van der Waals surface area contributed by atoms with Gasteiger partial charge in [0.05, 0.1) is 22.4 Å². The number of halogens is 1. The molecule has 0 spiro atoms. The van der Waals surface area contributed by atoms with Crippen LogP contribution in [0.4, 0.5) is 11.4 Å². The van der Waals surface area contributed by atoms with Crippen molar-refractivity contribution in [1.29, 1.82) is 0 Å². The van der Waals surface area contributed by atoms with E-state index in [2.05, 4.69) is 15.9 Å². The fraction of sp³-hybridized carbons (Fsp3) is 0.333. The van der Waals surface area contributed by atoms with Crippen molar-refractivity contribution < 1.29 is 14.5 Å². The number of benzene rings is 1. The van der Waals surface area contributed by atoms with Crippen LogP contribution in [-0.2, 0) is 9.59 Å². The van der Waals surface area contributed by atoms with Crippen molar-refractivity contribution in [3.05, 3.63) is 56.1 Å². The summed E-state index contributed by atoms with van der Waals surface area (Å²) in [6.07, 6.45) is 4.07. The van der Waals surface area contributed by atoms with Gasteiger partial charge in [0.15, 0.2) is 0 Å². The van der Waals surface area contributed by atoms with E-state index in [-0.39, 0.29) is 41.2 Å². The number of amides is 2. The summed E-state index contributed by atoms with van der Waals surface area (Å²) in [6, 6.07) is 4.08. The Balaban J connectivity index is 1.75. The number of allylic oxidation sites excluding steroid dienone is 4. The number of nitro benzene ring substituents is 1. The van der Waals surface area contributed by atoms with Crippen LogP contribution in [0.25, 0.3) is 0 Å². The highest BCUT2D eigenvalue weighted by Gasteiger charge is 2.62. The highest BCUT2D eigenvalue weighted by atomic mass is 79.9. The number of carbonyl (C=O) groups excluding carboxylic acids is 2. The molecule has 7 heteroatoms. The smallest absolute Gasteiger partial charge is 0.270 e. The predicted octanol–water partition coefficient (Wildman–Crippen LogP) is 3.62. The van der Waals surface area contributed by atoms with Crippen LogP contribution in [0.5, 0.6) is 0 Å². The van der Waals surface area contributed by atoms with Crippen LogP contribution in [-0.4, -0.2) is 16.7 Å². The first kappa shape index (κ1) is 16.2. The molecule has 128 valence electrons. The number of rotatable bonds is 2. The summed E-state index contributed by atoms with van der Waals surface area (Å²) in [7, 11) is 0. The maximum atomic E-state index is 13.0. The lowest BCUT2D eigenvalue weighted by Gasteiger charge is -2.20. The monoisotopic (exact) mass is 402 g/mol. The zero-order chi connectivity index (χ0) is 18.0. The zero-order valence-electron chi connectivity index (χ0n) is 13.6. The first-order valence-corrected chi connectivity index (χ1v) is 8.79. The number of nitro groups is 1. The lowest BCUT2D eigenvalue weighted by atomic mass is 9.85. The number of non-ortho nitro benzene ring substituents is 1. The maximum absolute atomic E-state index is 13.0. The van der Waals surface area contributed by atoms with E-state index in [4.69, 9.17) is 0 Å². The fourth-order valence-corrected chi connectivity index (χ4v) is 5.00. The number of hydrogen-bond acceptors (Lipinski definition) is 4. The molecule has 2 bridgehead atoms. The van der Waals surface area contributed by atoms with Crippen molar-refractivity contribution in [3.8, 4) is 0 Å². The number of hydrogen-bond donors (Lipinski definition) is 0. The van der Waals surface area contributed by atoms with E-state index in [9.17, 15) is 19.7 Å². The molecule has 6 nitrogen and oxygen atoms in total. The van der Waals surface area contributed by atoms with Crippen LogP contribution in [0.3, 0.4) is 0 Å². The Morgan fingerprint density at radius 3 is 2.12 bits per heavy atom. The number of carbonyl (C=O) groups is 2. The molecule has 3 aliphatic rings. The number of nitrogens with zero attached hydrogens (tertiary/aromatic N) is 2. The molecule has 1 saturated heterocycles. The minimum absolute atomic E-state index is 0.0155. The molecule has 1 heterocycles. The van der Waals surface area contributed by atoms with Gasteiger partial charge in [0.1, 0.15) is 0 Å². The van der Waals surface area contributed by atoms with Crippen LogP contribution in [0, 0.1) is 33.8 Å². The van der Waals surface area contributed by atoms with E-state index < -0.39 is 4.92 Å². The second-order valence-corrected chi connectivity index (χ2v) is 7.70. The molecular formula is C18H15BrN2O4. The van der Waals surface area contributed by atoms with Gasteiger partial charge in [-0.15, -0.1) is 0 Å². The second kappa shape index (κ2) is 5.36. The van der Waals surface area contributed by atoms with Crippen molar-refractivity contribution in [2.45, 2.75) is 13.8 Å². The summed E-state index contributed by atoms with van der Waals surface area (Å²) in [6.45, 7) is 4.03. The molecule has 2 amide bonds. The molecule has 0 unspecified atom stereocenters. The van der Waals surface area contributed by atoms with Gasteiger partial charge in [0, 0.05) is 28.4 Å². The standard InChI is InChI=1S/C18H15BrN2O4/c1-8(2)14-10-4-5-11(14)16-15(10)17(22)20(18(16)23)13-6-3-9(21(24)25)7-12(13)19/h3-7,10-11,15-16H,1-2H3/t10-,11+,15-,16-/m0/s1. The average Bonchev–Trinajstić information content (AvgIpc) is 3.18. The zero-order valence-corrected chi connectivity index (χ0v) is 15.2. The third kappa shape index (κ3) is 2.08. The second-order valence-electron chi connectivity index (χ2n) is 6.85. The molecule has 0 radical (unpaired) electrons. The fourth-order valence-electron chi connectivity index (χ4n) is 4.46. The summed E-state index contributed by atoms with van der Waals surface area (Å²) >= 11 is 3.27. The Kier molecular flexibility index (Phi) is 3.47. The van der Waals surface area contributed by atoms with Gasteiger partial charge in [-0.25, -0.2) is 4.90 Å². The molecule has 1 saturated carbocycles. The summed E-state index contributed by atoms with van der Waals surface area (Å²) in [5.74, 6) is -1.21. The average molecular weight is 403 g/mol. The van der Waals surface area contributed by atoms with Gasteiger partial charge in [-0.3, -0.25) is 19.7 Å². The van der Waals surface area contributed by atoms with E-state index in [1.165, 1.54) is 28.7 Å². The Bertz CT molecular complexity index is 866. The third-order valence-corrected chi connectivity index (χ3v) is 6.01. The van der Waals surface area contributed by atoms with Crippen LogP contribution in [0.2, 0.25) is 0 Å².